The van der Waals surface area contributed by atoms with Crippen LogP contribution < -0.4 is 5.32 Å². The van der Waals surface area contributed by atoms with Crippen molar-refractivity contribution in [2.75, 3.05) is 6.61 Å². The maximum Gasteiger partial charge on any atom is 0.255 e. The third-order valence-electron chi connectivity index (χ3n) is 3.09. The third-order valence-corrected chi connectivity index (χ3v) is 3.09. The zero-order valence-corrected chi connectivity index (χ0v) is 11.2. The average Bonchev–Trinajstić information content (AvgIpc) is 2.48. The molecule has 0 radical (unpaired) electrons. The van der Waals surface area contributed by atoms with Gasteiger partial charge in [-0.15, -0.1) is 0 Å². The van der Waals surface area contributed by atoms with Crippen LogP contribution in [0, 0.1) is 6.92 Å². The summed E-state index contributed by atoms with van der Waals surface area (Å²) in [6, 6.07) is 13.5. The molecule has 0 aliphatic carbocycles. The molecule has 0 heterocycles. The molecular formula is C16H17NO3. The number of amides is 1. The van der Waals surface area contributed by atoms with Crippen molar-refractivity contribution in [1.82, 2.24) is 5.32 Å². The second-order valence-electron chi connectivity index (χ2n) is 4.64. The van der Waals surface area contributed by atoms with Crippen LogP contribution >= 0.6 is 0 Å². The topological polar surface area (TPSA) is 69.6 Å². The molecule has 2 rings (SSSR count). The van der Waals surface area contributed by atoms with E-state index in [4.69, 9.17) is 0 Å². The number of hydrogen-bond donors (Lipinski definition) is 3. The van der Waals surface area contributed by atoms with Crippen LogP contribution in [0.15, 0.2) is 48.5 Å². The molecule has 3 N–H and O–H groups in total. The lowest BCUT2D eigenvalue weighted by molar-refractivity contribution is 0.0913. The minimum Gasteiger partial charge on any atom is -0.507 e. The van der Waals surface area contributed by atoms with Gasteiger partial charge in [-0.05, 0) is 24.6 Å². The number of phenolic OH excluding ortho intramolecular Hbond substituents is 1. The maximum atomic E-state index is 12.2. The van der Waals surface area contributed by atoms with E-state index in [0.29, 0.717) is 0 Å². The molecule has 0 aliphatic rings. The predicted octanol–water partition coefficient (Wildman–Crippen LogP) is 2.16. The molecule has 0 unspecified atom stereocenters. The number of rotatable bonds is 4. The first-order valence-electron chi connectivity index (χ1n) is 6.38. The van der Waals surface area contributed by atoms with Crippen LogP contribution in [-0.4, -0.2) is 22.7 Å². The van der Waals surface area contributed by atoms with Crippen LogP contribution in [0.4, 0.5) is 0 Å². The molecule has 1 atom stereocenters. The zero-order chi connectivity index (χ0) is 14.5. The monoisotopic (exact) mass is 271 g/mol. The standard InChI is InChI=1S/C16H17NO3/c1-11-7-8-15(19)13(9-11)16(20)17-14(10-18)12-5-3-2-4-6-12/h2-9,14,18-19H,10H2,1H3,(H,17,20)/t14-/m1/s1. The highest BCUT2D eigenvalue weighted by molar-refractivity contribution is 5.97. The van der Waals surface area contributed by atoms with E-state index in [-0.39, 0.29) is 17.9 Å². The minimum atomic E-state index is -0.497. The zero-order valence-electron chi connectivity index (χ0n) is 11.2. The van der Waals surface area contributed by atoms with Crippen LogP contribution in [0.5, 0.6) is 5.75 Å². The van der Waals surface area contributed by atoms with Gasteiger partial charge >= 0.3 is 0 Å². The summed E-state index contributed by atoms with van der Waals surface area (Å²) in [4.78, 5) is 12.2. The molecule has 104 valence electrons. The van der Waals surface area contributed by atoms with Crippen LogP contribution in [0.1, 0.15) is 27.5 Å². The summed E-state index contributed by atoms with van der Waals surface area (Å²) >= 11 is 0. The Bertz CT molecular complexity index is 596. The van der Waals surface area contributed by atoms with E-state index in [0.717, 1.165) is 11.1 Å². The summed E-state index contributed by atoms with van der Waals surface area (Å²) in [7, 11) is 0. The molecule has 4 nitrogen and oxygen atoms in total. The first kappa shape index (κ1) is 14.1. The lowest BCUT2D eigenvalue weighted by atomic mass is 10.1. The summed E-state index contributed by atoms with van der Waals surface area (Å²) < 4.78 is 0. The second-order valence-corrected chi connectivity index (χ2v) is 4.64. The van der Waals surface area contributed by atoms with Gasteiger partial charge in [-0.2, -0.15) is 0 Å². The number of aliphatic hydroxyl groups is 1. The summed E-state index contributed by atoms with van der Waals surface area (Å²) in [5, 5.41) is 21.9. The number of hydrogen-bond acceptors (Lipinski definition) is 3. The molecule has 0 saturated carbocycles. The van der Waals surface area contributed by atoms with Crippen LogP contribution in [0.3, 0.4) is 0 Å². The lowest BCUT2D eigenvalue weighted by Gasteiger charge is -2.17. The van der Waals surface area contributed by atoms with Crippen molar-refractivity contribution >= 4 is 5.91 Å². The highest BCUT2D eigenvalue weighted by Crippen LogP contribution is 2.20. The Labute approximate surface area is 117 Å². The molecule has 0 bridgehead atoms. The Balaban J connectivity index is 2.20. The van der Waals surface area contributed by atoms with Gasteiger partial charge in [-0.1, -0.05) is 42.0 Å². The van der Waals surface area contributed by atoms with Gasteiger partial charge in [-0.25, -0.2) is 0 Å². The SMILES string of the molecule is Cc1ccc(O)c(C(=O)N[C@H](CO)c2ccccc2)c1. The second kappa shape index (κ2) is 6.21. The van der Waals surface area contributed by atoms with Crippen molar-refractivity contribution in [3.63, 3.8) is 0 Å². The van der Waals surface area contributed by atoms with Gasteiger partial charge in [-0.3, -0.25) is 4.79 Å². The van der Waals surface area contributed by atoms with Gasteiger partial charge in [0, 0.05) is 0 Å². The molecule has 0 fully saturated rings. The first-order chi connectivity index (χ1) is 9.61. The molecule has 0 saturated heterocycles. The fraction of sp³-hybridized carbons (Fsp3) is 0.188. The van der Waals surface area contributed by atoms with Gasteiger partial charge in [0.25, 0.3) is 5.91 Å². The van der Waals surface area contributed by atoms with Gasteiger partial charge < -0.3 is 15.5 Å². The van der Waals surface area contributed by atoms with Crippen LogP contribution in [0.25, 0.3) is 0 Å². The highest BCUT2D eigenvalue weighted by Gasteiger charge is 2.17. The van der Waals surface area contributed by atoms with E-state index in [1.807, 2.05) is 37.3 Å². The number of aryl methyl sites for hydroxylation is 1. The molecular weight excluding hydrogens is 254 g/mol. The van der Waals surface area contributed by atoms with E-state index in [1.165, 1.54) is 6.07 Å². The molecule has 0 aliphatic heterocycles. The number of phenols is 1. The number of aromatic hydroxyl groups is 1. The molecule has 2 aromatic rings. The summed E-state index contributed by atoms with van der Waals surface area (Å²) in [5.41, 5.74) is 1.91. The number of nitrogens with one attached hydrogen (secondary N) is 1. The molecule has 4 heteroatoms. The number of benzene rings is 2. The van der Waals surface area contributed by atoms with E-state index < -0.39 is 11.9 Å². The molecule has 20 heavy (non-hydrogen) atoms. The number of carbonyl (C=O) groups is 1. The quantitative estimate of drug-likeness (QED) is 0.798. The molecule has 0 spiro atoms. The Morgan fingerprint density at radius 2 is 1.90 bits per heavy atom. The fourth-order valence-corrected chi connectivity index (χ4v) is 1.99. The summed E-state index contributed by atoms with van der Waals surface area (Å²) in [6.45, 7) is 1.64. The molecule has 1 amide bonds. The van der Waals surface area contributed by atoms with Crippen molar-refractivity contribution in [2.45, 2.75) is 13.0 Å². The highest BCUT2D eigenvalue weighted by atomic mass is 16.3. The van der Waals surface area contributed by atoms with Crippen LogP contribution in [0.2, 0.25) is 0 Å². The summed E-state index contributed by atoms with van der Waals surface area (Å²) in [6.07, 6.45) is 0. The van der Waals surface area contributed by atoms with Crippen molar-refractivity contribution in [3.05, 3.63) is 65.2 Å². The van der Waals surface area contributed by atoms with E-state index in [9.17, 15) is 15.0 Å². The van der Waals surface area contributed by atoms with Gasteiger partial charge in [0.2, 0.25) is 0 Å². The van der Waals surface area contributed by atoms with E-state index >= 15 is 0 Å². The van der Waals surface area contributed by atoms with E-state index in [2.05, 4.69) is 5.32 Å². The van der Waals surface area contributed by atoms with Gasteiger partial charge in [0.1, 0.15) is 5.75 Å². The Morgan fingerprint density at radius 3 is 2.55 bits per heavy atom. The Hall–Kier alpha value is -2.33. The van der Waals surface area contributed by atoms with Crippen molar-refractivity contribution < 1.29 is 15.0 Å². The Morgan fingerprint density at radius 1 is 1.20 bits per heavy atom. The smallest absolute Gasteiger partial charge is 0.255 e. The minimum absolute atomic E-state index is 0.0714. The number of carbonyl (C=O) groups excluding carboxylic acids is 1. The van der Waals surface area contributed by atoms with E-state index in [1.54, 1.807) is 12.1 Å². The van der Waals surface area contributed by atoms with Gasteiger partial charge in [0.05, 0.1) is 18.2 Å². The van der Waals surface area contributed by atoms with Crippen molar-refractivity contribution in [3.8, 4) is 5.75 Å². The summed E-state index contributed by atoms with van der Waals surface area (Å²) in [5.74, 6) is -0.480. The maximum absolute atomic E-state index is 12.2. The lowest BCUT2D eigenvalue weighted by Crippen LogP contribution is -2.30. The fourth-order valence-electron chi connectivity index (χ4n) is 1.99. The largest absolute Gasteiger partial charge is 0.507 e. The third kappa shape index (κ3) is 3.16. The normalized spacial score (nSPS) is 11.9. The average molecular weight is 271 g/mol. The predicted molar refractivity (Wildman–Crippen MR) is 76.6 cm³/mol. The van der Waals surface area contributed by atoms with Crippen molar-refractivity contribution in [1.29, 1.82) is 0 Å². The first-order valence-corrected chi connectivity index (χ1v) is 6.38. The van der Waals surface area contributed by atoms with Crippen LogP contribution in [-0.2, 0) is 0 Å². The van der Waals surface area contributed by atoms with Crippen molar-refractivity contribution in [2.24, 2.45) is 0 Å². The molecule has 2 aromatic carbocycles. The molecule has 0 aromatic heterocycles. The number of aliphatic hydroxyl groups excluding tert-OH is 1. The Kier molecular flexibility index (Phi) is 4.38. The van der Waals surface area contributed by atoms with Gasteiger partial charge in [0.15, 0.2) is 0 Å².